The van der Waals surface area contributed by atoms with Crippen molar-refractivity contribution in [1.29, 1.82) is 0 Å². The van der Waals surface area contributed by atoms with Crippen molar-refractivity contribution >= 4 is 39.2 Å². The number of halogens is 1. The van der Waals surface area contributed by atoms with Crippen molar-refractivity contribution < 1.29 is 4.79 Å². The molecule has 0 aliphatic rings. The predicted octanol–water partition coefficient (Wildman–Crippen LogP) is 6.29. The highest BCUT2D eigenvalue weighted by molar-refractivity contribution is 9.11. The first-order valence-electron chi connectivity index (χ1n) is 8.22. The summed E-state index contributed by atoms with van der Waals surface area (Å²) in [4.78, 5) is 14.2. The fourth-order valence-corrected chi connectivity index (χ4v) is 4.11. The van der Waals surface area contributed by atoms with E-state index < -0.39 is 0 Å². The molecule has 0 atom stereocenters. The van der Waals surface area contributed by atoms with Crippen LogP contribution in [0.4, 0.5) is 5.69 Å². The van der Waals surface area contributed by atoms with E-state index in [9.17, 15) is 4.79 Å². The summed E-state index contributed by atoms with van der Waals surface area (Å²) in [5, 5.41) is 0. The van der Waals surface area contributed by atoms with Gasteiger partial charge in [0.1, 0.15) is 0 Å². The van der Waals surface area contributed by atoms with Gasteiger partial charge in [-0.05, 0) is 34.8 Å². The van der Waals surface area contributed by atoms with Gasteiger partial charge in [0.15, 0.2) is 6.29 Å². The molecule has 0 unspecified atom stereocenters. The molecule has 2 nitrogen and oxygen atoms in total. The molecule has 0 spiro atoms. The Hall–Kier alpha value is -0.350. The highest BCUT2D eigenvalue weighted by Crippen LogP contribution is 2.35. The monoisotopic (exact) mass is 373 g/mol. The fourth-order valence-electron chi connectivity index (χ4n) is 2.46. The van der Waals surface area contributed by atoms with Gasteiger partial charge in [-0.2, -0.15) is 0 Å². The fraction of sp³-hybridized carbons (Fsp3) is 0.706. The second-order valence-corrected chi connectivity index (χ2v) is 7.94. The van der Waals surface area contributed by atoms with E-state index in [4.69, 9.17) is 0 Å². The molecule has 0 aliphatic carbocycles. The van der Waals surface area contributed by atoms with Gasteiger partial charge in [0.05, 0.1) is 14.4 Å². The van der Waals surface area contributed by atoms with Gasteiger partial charge in [-0.15, -0.1) is 11.3 Å². The van der Waals surface area contributed by atoms with Crippen LogP contribution in [-0.2, 0) is 0 Å². The van der Waals surface area contributed by atoms with Gasteiger partial charge in [0.2, 0.25) is 0 Å². The van der Waals surface area contributed by atoms with Crippen LogP contribution in [0.25, 0.3) is 0 Å². The predicted molar refractivity (Wildman–Crippen MR) is 97.9 cm³/mol. The minimum atomic E-state index is 0.809. The minimum Gasteiger partial charge on any atom is -0.370 e. The number of thiophene rings is 1. The number of rotatable bonds is 12. The number of aldehydes is 1. The Morgan fingerprint density at radius 3 is 2.05 bits per heavy atom. The summed E-state index contributed by atoms with van der Waals surface area (Å²) in [6.45, 7) is 6.68. The zero-order chi connectivity index (χ0) is 15.5. The molecule has 21 heavy (non-hydrogen) atoms. The van der Waals surface area contributed by atoms with Crippen LogP contribution in [0.5, 0.6) is 0 Å². The van der Waals surface area contributed by atoms with Crippen molar-refractivity contribution in [3.63, 3.8) is 0 Å². The van der Waals surface area contributed by atoms with E-state index in [0.29, 0.717) is 0 Å². The van der Waals surface area contributed by atoms with E-state index in [2.05, 4.69) is 34.7 Å². The molecule has 1 aromatic rings. The molecule has 1 heterocycles. The Balaban J connectivity index is 2.60. The van der Waals surface area contributed by atoms with Crippen LogP contribution in [0, 0.1) is 0 Å². The molecule has 0 amide bonds. The third kappa shape index (κ3) is 6.96. The first kappa shape index (κ1) is 18.7. The Morgan fingerprint density at radius 1 is 1.05 bits per heavy atom. The number of anilines is 1. The van der Waals surface area contributed by atoms with Crippen molar-refractivity contribution in [3.8, 4) is 0 Å². The molecule has 0 aliphatic heterocycles. The van der Waals surface area contributed by atoms with Crippen molar-refractivity contribution in [2.75, 3.05) is 18.0 Å². The van der Waals surface area contributed by atoms with Crippen LogP contribution < -0.4 is 4.90 Å². The SMILES string of the molecule is CCCCCCN(CCCCCC)c1cc(C=O)sc1Br. The van der Waals surface area contributed by atoms with E-state index in [1.165, 1.54) is 68.4 Å². The smallest absolute Gasteiger partial charge is 0.160 e. The molecule has 0 N–H and O–H groups in total. The number of unbranched alkanes of at least 4 members (excludes halogenated alkanes) is 6. The third-order valence-corrected chi connectivity index (χ3v) is 5.44. The van der Waals surface area contributed by atoms with Crippen LogP contribution >= 0.6 is 27.3 Å². The molecule has 4 heteroatoms. The van der Waals surface area contributed by atoms with E-state index >= 15 is 0 Å². The summed E-state index contributed by atoms with van der Waals surface area (Å²) in [6.07, 6.45) is 11.2. The maximum Gasteiger partial charge on any atom is 0.160 e. The maximum atomic E-state index is 11.0. The Bertz CT molecular complexity index is 393. The first-order chi connectivity index (χ1) is 10.2. The van der Waals surface area contributed by atoms with Gasteiger partial charge in [-0.25, -0.2) is 0 Å². The summed E-state index contributed by atoms with van der Waals surface area (Å²) in [5.74, 6) is 0. The lowest BCUT2D eigenvalue weighted by molar-refractivity contribution is 0.112. The van der Waals surface area contributed by atoms with Crippen molar-refractivity contribution in [2.24, 2.45) is 0 Å². The van der Waals surface area contributed by atoms with Crippen LogP contribution in [0.3, 0.4) is 0 Å². The number of hydrogen-bond acceptors (Lipinski definition) is 3. The van der Waals surface area contributed by atoms with Gasteiger partial charge in [-0.1, -0.05) is 52.4 Å². The molecule has 1 rings (SSSR count). The summed E-state index contributed by atoms with van der Waals surface area (Å²) < 4.78 is 1.09. The second kappa shape index (κ2) is 11.2. The molecule has 0 aromatic carbocycles. The van der Waals surface area contributed by atoms with Crippen molar-refractivity contribution in [1.82, 2.24) is 0 Å². The highest BCUT2D eigenvalue weighted by Gasteiger charge is 2.13. The van der Waals surface area contributed by atoms with E-state index in [1.807, 2.05) is 6.07 Å². The van der Waals surface area contributed by atoms with Crippen molar-refractivity contribution in [2.45, 2.75) is 65.2 Å². The summed E-state index contributed by atoms with van der Waals surface area (Å²) in [7, 11) is 0. The number of carbonyl (C=O) groups excluding carboxylic acids is 1. The second-order valence-electron chi connectivity index (χ2n) is 5.53. The van der Waals surface area contributed by atoms with Crippen LogP contribution in [0.2, 0.25) is 0 Å². The summed E-state index contributed by atoms with van der Waals surface area (Å²) >= 11 is 5.16. The molecular weight excluding hydrogens is 346 g/mol. The molecule has 120 valence electrons. The normalized spacial score (nSPS) is 10.8. The van der Waals surface area contributed by atoms with Crippen LogP contribution in [0.1, 0.15) is 74.9 Å². The molecule has 0 saturated heterocycles. The largest absolute Gasteiger partial charge is 0.370 e. The highest BCUT2D eigenvalue weighted by atomic mass is 79.9. The van der Waals surface area contributed by atoms with E-state index in [1.54, 1.807) is 0 Å². The maximum absolute atomic E-state index is 11.0. The molecular formula is C17H28BrNOS. The molecule has 0 saturated carbocycles. The summed E-state index contributed by atoms with van der Waals surface area (Å²) in [6, 6.07) is 2.03. The molecule has 0 bridgehead atoms. The summed E-state index contributed by atoms with van der Waals surface area (Å²) in [5.41, 5.74) is 1.20. The Labute approximate surface area is 142 Å². The number of nitrogens with zero attached hydrogens (tertiary/aromatic N) is 1. The van der Waals surface area contributed by atoms with Crippen LogP contribution in [-0.4, -0.2) is 19.4 Å². The third-order valence-electron chi connectivity index (χ3n) is 3.71. The Kier molecular flexibility index (Phi) is 10.0. The lowest BCUT2D eigenvalue weighted by Crippen LogP contribution is -2.25. The zero-order valence-corrected chi connectivity index (χ0v) is 15.8. The zero-order valence-electron chi connectivity index (χ0n) is 13.4. The standard InChI is InChI=1S/C17H28BrNOS/c1-3-5-7-9-11-19(12-10-8-6-4-2)16-13-15(14-20)21-17(16)18/h13-14H,3-12H2,1-2H3. The van der Waals surface area contributed by atoms with Crippen LogP contribution in [0.15, 0.2) is 9.85 Å². The molecule has 1 aromatic heterocycles. The van der Waals surface area contributed by atoms with Crippen molar-refractivity contribution in [3.05, 3.63) is 14.7 Å². The van der Waals surface area contributed by atoms with E-state index in [0.717, 1.165) is 28.0 Å². The molecule has 0 radical (unpaired) electrons. The molecule has 0 fully saturated rings. The topological polar surface area (TPSA) is 20.3 Å². The average molecular weight is 374 g/mol. The average Bonchev–Trinajstić information content (AvgIpc) is 2.87. The van der Waals surface area contributed by atoms with E-state index in [-0.39, 0.29) is 0 Å². The Morgan fingerprint density at radius 2 is 1.62 bits per heavy atom. The van der Waals surface area contributed by atoms with Gasteiger partial charge in [-0.3, -0.25) is 4.79 Å². The number of hydrogen-bond donors (Lipinski definition) is 0. The first-order valence-corrected chi connectivity index (χ1v) is 9.83. The van der Waals surface area contributed by atoms with Gasteiger partial charge in [0.25, 0.3) is 0 Å². The quantitative estimate of drug-likeness (QED) is 0.316. The van der Waals surface area contributed by atoms with Gasteiger partial charge in [0, 0.05) is 13.1 Å². The lowest BCUT2D eigenvalue weighted by atomic mass is 10.1. The lowest BCUT2D eigenvalue weighted by Gasteiger charge is -2.24. The minimum absolute atomic E-state index is 0.809. The van der Waals surface area contributed by atoms with Gasteiger partial charge >= 0.3 is 0 Å². The number of carbonyl (C=O) groups is 1. The van der Waals surface area contributed by atoms with Gasteiger partial charge < -0.3 is 4.90 Å².